The highest BCUT2D eigenvalue weighted by Crippen LogP contribution is 2.19. The minimum Gasteiger partial charge on any atom is -0.480 e. The Morgan fingerprint density at radius 1 is 0.597 bits per heavy atom. The van der Waals surface area contributed by atoms with Crippen molar-refractivity contribution in [2.75, 3.05) is 194 Å². The fourth-order valence-corrected chi connectivity index (χ4v) is 6.79. The highest BCUT2D eigenvalue weighted by atomic mass is 32.2. The minimum absolute atomic E-state index is 0.00701. The number of carbonyl (C=O) groups is 4. The molecular formula is C50H82N10O16S. The predicted octanol–water partition coefficient (Wildman–Crippen LogP) is 1.13. The number of hydrogen-bond donors (Lipinski definition) is 6. The summed E-state index contributed by atoms with van der Waals surface area (Å²) in [6, 6.07) is 5.33. The molecule has 434 valence electrons. The number of hydrogen-bond acceptors (Lipinski definition) is 23. The molecule has 27 heteroatoms. The van der Waals surface area contributed by atoms with Crippen LogP contribution in [-0.2, 0) is 73.0 Å². The van der Waals surface area contributed by atoms with Crippen LogP contribution in [0.1, 0.15) is 48.2 Å². The molecule has 1 aromatic carbocycles. The van der Waals surface area contributed by atoms with Gasteiger partial charge in [0.05, 0.1) is 151 Å². The van der Waals surface area contributed by atoms with Crippen molar-refractivity contribution < 1.29 is 76.4 Å². The van der Waals surface area contributed by atoms with Gasteiger partial charge in [-0.25, -0.2) is 14.8 Å². The molecule has 0 saturated carbocycles. The molecule has 1 unspecified atom stereocenters. The van der Waals surface area contributed by atoms with E-state index in [1.807, 2.05) is 11.9 Å². The molecule has 0 fully saturated rings. The standard InChI is InChI=1S/C50H82N10O16S/c1-60(38-40-37-55-47-45(56-40)46(51)58-50(52)59-47)41-7-5-39(6-8-41)48(63)57-42(49(64)65)9-10-43(61)53-12-3-14-66-17-20-69-21-18-67-15-4-13-54-44(62)11-16-68-19-22-70-23-24-71-25-26-72-27-28-73-29-30-74-31-32-75-33-34-76-35-36-77-2/h5-8,37,42H,3-4,9-36,38H2,1-2H3,(H,53,61)(H,54,62)(H,57,63)(H,64,65)(H4,51,52,55,58,59). The first-order chi connectivity index (χ1) is 37.6. The number of carboxylic acid groups (broad SMARTS) is 1. The molecule has 3 rings (SSSR count). The number of nitrogens with zero attached hydrogens (tertiary/aromatic N) is 5. The molecular weight excluding hydrogens is 1030 g/mol. The summed E-state index contributed by atoms with van der Waals surface area (Å²) in [4.78, 5) is 67.9. The number of nitrogen functional groups attached to an aromatic ring is 2. The highest BCUT2D eigenvalue weighted by Gasteiger charge is 2.22. The van der Waals surface area contributed by atoms with E-state index in [0.717, 1.165) is 18.0 Å². The summed E-state index contributed by atoms with van der Waals surface area (Å²) < 4.78 is 60.3. The van der Waals surface area contributed by atoms with Crippen molar-refractivity contribution in [3.8, 4) is 0 Å². The Labute approximate surface area is 455 Å². The van der Waals surface area contributed by atoms with Gasteiger partial charge in [0, 0.05) is 63.2 Å². The summed E-state index contributed by atoms with van der Waals surface area (Å²) in [5, 5.41) is 17.8. The number of anilines is 3. The highest BCUT2D eigenvalue weighted by molar-refractivity contribution is 7.98. The lowest BCUT2D eigenvalue weighted by Gasteiger charge is -2.19. The van der Waals surface area contributed by atoms with Gasteiger partial charge in [-0.05, 0) is 49.8 Å². The van der Waals surface area contributed by atoms with Crippen molar-refractivity contribution in [1.29, 1.82) is 0 Å². The predicted molar refractivity (Wildman–Crippen MR) is 288 cm³/mol. The number of aliphatic carboxylic acids is 1. The van der Waals surface area contributed by atoms with Crippen molar-refractivity contribution >= 4 is 64.1 Å². The van der Waals surface area contributed by atoms with Crippen molar-refractivity contribution in [3.63, 3.8) is 0 Å². The second-order valence-corrected chi connectivity index (χ2v) is 17.7. The average molecular weight is 1110 g/mol. The molecule has 1 atom stereocenters. The van der Waals surface area contributed by atoms with Crippen LogP contribution >= 0.6 is 11.8 Å². The molecule has 2 heterocycles. The number of carboxylic acids is 1. The van der Waals surface area contributed by atoms with Crippen molar-refractivity contribution in [1.82, 2.24) is 35.9 Å². The Bertz CT molecular complexity index is 2050. The largest absolute Gasteiger partial charge is 0.480 e. The summed E-state index contributed by atoms with van der Waals surface area (Å²) in [5.41, 5.74) is 13.8. The zero-order chi connectivity index (χ0) is 55.4. The number of ether oxygens (including phenoxy) is 11. The Hall–Kier alpha value is -5.17. The summed E-state index contributed by atoms with van der Waals surface area (Å²) in [5.74, 6) is -1.14. The first-order valence-corrected chi connectivity index (χ1v) is 27.2. The third-order valence-corrected chi connectivity index (χ3v) is 11.1. The Balaban J connectivity index is 1.02. The van der Waals surface area contributed by atoms with Crippen LogP contribution < -0.4 is 32.3 Å². The van der Waals surface area contributed by atoms with Gasteiger partial charge in [-0.2, -0.15) is 21.7 Å². The molecule has 0 spiro atoms. The lowest BCUT2D eigenvalue weighted by atomic mass is 10.1. The molecule has 77 heavy (non-hydrogen) atoms. The van der Waals surface area contributed by atoms with Crippen molar-refractivity contribution in [3.05, 3.63) is 41.7 Å². The first kappa shape index (κ1) is 66.1. The van der Waals surface area contributed by atoms with Gasteiger partial charge in [0.2, 0.25) is 17.8 Å². The van der Waals surface area contributed by atoms with Gasteiger partial charge in [0.25, 0.3) is 5.91 Å². The number of carbonyl (C=O) groups excluding carboxylic acids is 3. The fraction of sp³-hybridized carbons (Fsp3) is 0.680. The van der Waals surface area contributed by atoms with E-state index in [4.69, 9.17) is 63.6 Å². The molecule has 3 aromatic rings. The molecule has 0 radical (unpaired) electrons. The number of nitrogens with two attached hydrogens (primary N) is 2. The van der Waals surface area contributed by atoms with E-state index in [1.165, 1.54) is 0 Å². The van der Waals surface area contributed by atoms with Gasteiger partial charge < -0.3 is 89.5 Å². The maximum Gasteiger partial charge on any atom is 0.326 e. The van der Waals surface area contributed by atoms with Gasteiger partial charge >= 0.3 is 5.97 Å². The normalized spacial score (nSPS) is 11.7. The van der Waals surface area contributed by atoms with Crippen LogP contribution in [0, 0.1) is 0 Å². The lowest BCUT2D eigenvalue weighted by molar-refractivity contribution is -0.139. The third kappa shape index (κ3) is 33.0. The number of aromatic nitrogens is 4. The van der Waals surface area contributed by atoms with Crippen LogP contribution in [0.3, 0.4) is 0 Å². The first-order valence-electron chi connectivity index (χ1n) is 25.8. The van der Waals surface area contributed by atoms with Gasteiger partial charge in [0.15, 0.2) is 17.0 Å². The van der Waals surface area contributed by atoms with Gasteiger partial charge in [-0.1, -0.05) is 0 Å². The molecule has 0 aliphatic rings. The van der Waals surface area contributed by atoms with E-state index in [-0.39, 0.29) is 54.1 Å². The molecule has 2 aromatic heterocycles. The van der Waals surface area contributed by atoms with E-state index in [2.05, 4.69) is 42.1 Å². The fourth-order valence-electron chi connectivity index (χ4n) is 6.51. The molecule has 0 saturated heterocycles. The zero-order valence-corrected chi connectivity index (χ0v) is 45.6. The Morgan fingerprint density at radius 3 is 1.51 bits per heavy atom. The van der Waals surface area contributed by atoms with Crippen LogP contribution in [-0.4, -0.2) is 232 Å². The van der Waals surface area contributed by atoms with E-state index >= 15 is 0 Å². The maximum atomic E-state index is 12.9. The summed E-state index contributed by atoms with van der Waals surface area (Å²) in [7, 11) is 1.83. The maximum absolute atomic E-state index is 12.9. The summed E-state index contributed by atoms with van der Waals surface area (Å²) in [6.07, 6.45) is 4.90. The molecule has 0 aliphatic heterocycles. The number of fused-ring (bicyclic) bond motifs is 1. The van der Waals surface area contributed by atoms with Crippen LogP contribution in [0.5, 0.6) is 0 Å². The monoisotopic (exact) mass is 1110 g/mol. The number of thioether (sulfide) groups is 1. The number of amides is 3. The van der Waals surface area contributed by atoms with Gasteiger partial charge in [-0.15, -0.1) is 0 Å². The van der Waals surface area contributed by atoms with Gasteiger partial charge in [-0.3, -0.25) is 14.4 Å². The van der Waals surface area contributed by atoms with E-state index in [1.54, 1.807) is 42.2 Å². The molecule has 0 bridgehead atoms. The summed E-state index contributed by atoms with van der Waals surface area (Å²) >= 11 is 1.76. The second-order valence-electron chi connectivity index (χ2n) is 16.7. The van der Waals surface area contributed by atoms with Gasteiger partial charge in [0.1, 0.15) is 6.04 Å². The summed E-state index contributed by atoms with van der Waals surface area (Å²) in [6.45, 7) is 11.5. The average Bonchev–Trinajstić information content (AvgIpc) is 3.42. The zero-order valence-electron chi connectivity index (χ0n) is 44.8. The smallest absolute Gasteiger partial charge is 0.326 e. The Morgan fingerprint density at radius 2 is 1.04 bits per heavy atom. The van der Waals surface area contributed by atoms with Crippen molar-refractivity contribution in [2.24, 2.45) is 0 Å². The number of nitrogens with one attached hydrogen (secondary N) is 3. The van der Waals surface area contributed by atoms with Crippen LogP contribution in [0.15, 0.2) is 30.5 Å². The van der Waals surface area contributed by atoms with Crippen LogP contribution in [0.25, 0.3) is 11.2 Å². The topological polar surface area (TPSA) is 333 Å². The third-order valence-electron chi connectivity index (χ3n) is 10.6. The number of rotatable bonds is 50. The lowest BCUT2D eigenvalue weighted by Crippen LogP contribution is -2.41. The SMILES string of the molecule is CSCCOCCOCCOCCOCCOCCOCCOCCOCCC(=O)NCCCOCCOCCOCCCNC(=O)CCC(NC(=O)c1ccc(N(C)Cc2cnc3nc(N)nc(N)c3n2)cc1)C(=O)O. The van der Waals surface area contributed by atoms with Crippen LogP contribution in [0.2, 0.25) is 0 Å². The molecule has 0 aliphatic carbocycles. The minimum atomic E-state index is -1.26. The van der Waals surface area contributed by atoms with E-state index in [9.17, 15) is 24.3 Å². The number of benzene rings is 1. The quantitative estimate of drug-likeness (QED) is 0.0432. The molecule has 3 amide bonds. The van der Waals surface area contributed by atoms with Crippen molar-refractivity contribution in [2.45, 2.75) is 44.7 Å². The molecule has 8 N–H and O–H groups in total. The molecule has 26 nitrogen and oxygen atoms in total. The van der Waals surface area contributed by atoms with E-state index in [0.29, 0.717) is 182 Å². The van der Waals surface area contributed by atoms with E-state index < -0.39 is 17.9 Å². The van der Waals surface area contributed by atoms with Crippen LogP contribution in [0.4, 0.5) is 17.5 Å². The second kappa shape index (κ2) is 43.8. The Kier molecular flexibility index (Phi) is 37.6.